The molecule has 3 aliphatic heterocycles. The van der Waals surface area contributed by atoms with Crippen molar-refractivity contribution in [3.05, 3.63) is 71.3 Å². The highest BCUT2D eigenvalue weighted by molar-refractivity contribution is 6.11. The molecule has 0 aliphatic carbocycles. The van der Waals surface area contributed by atoms with Gasteiger partial charge >= 0.3 is 48.6 Å². The molecule has 29 heteroatoms. The van der Waals surface area contributed by atoms with Crippen LogP contribution in [0, 0.1) is 0 Å². The first kappa shape index (κ1) is 60.5. The van der Waals surface area contributed by atoms with Gasteiger partial charge in [0.15, 0.2) is 11.6 Å². The number of urea groups is 1. The number of fused-ring (bicyclic) bond motifs is 2. The fraction of sp³-hybridized carbons (Fsp3) is 0.479. The van der Waals surface area contributed by atoms with E-state index in [1.165, 1.54) is 19.3 Å². The highest BCUT2D eigenvalue weighted by atomic mass is 19.4. The number of aliphatic carboxylic acids is 3. The number of hydrogen-bond acceptors (Lipinski definition) is 13. The standard InChI is InChI=1S/C42H52N8O6.3C2HF3O2/c1-42(2,3)37-25-38(46-56-37)45-40(52)43-28-8-10-34-27(22-28)23-36(54-34)39(51)33-24-30-31(26-48-20-18-47(4)19-21-48)35(11-9-32(30)44-33)55-41(53)50-16-12-29(13-17-50)49-14-6-5-7-15-49;3*3-2(4,5)1(6)7/h8-11,22-25,29,44H,5-7,12-21,26H2,1-4H3,(H2,43,45,46,52);3*(H,6,7). The molecule has 0 saturated carbocycles. The maximum absolute atomic E-state index is 13.9. The van der Waals surface area contributed by atoms with Gasteiger partial charge in [-0.2, -0.15) is 39.5 Å². The van der Waals surface area contributed by atoms with Crippen molar-refractivity contribution in [1.29, 1.82) is 0 Å². The van der Waals surface area contributed by atoms with Crippen molar-refractivity contribution in [2.75, 3.05) is 70.0 Å². The first-order chi connectivity index (χ1) is 35.8. The van der Waals surface area contributed by atoms with Gasteiger partial charge in [0.2, 0.25) is 5.78 Å². The van der Waals surface area contributed by atoms with Crippen molar-refractivity contribution in [3.63, 3.8) is 0 Å². The molecular formula is C48H55F9N8O12. The number of amides is 3. The summed E-state index contributed by atoms with van der Waals surface area (Å²) in [5.41, 5.74) is 2.79. The summed E-state index contributed by atoms with van der Waals surface area (Å²) in [5.74, 6) is -6.94. The van der Waals surface area contributed by atoms with Crippen LogP contribution < -0.4 is 15.4 Å². The van der Waals surface area contributed by atoms with E-state index in [2.05, 4.69) is 42.5 Å². The minimum absolute atomic E-state index is 0.158. The first-order valence-corrected chi connectivity index (χ1v) is 23.6. The molecule has 6 N–H and O–H groups in total. The number of piperidine rings is 2. The summed E-state index contributed by atoms with van der Waals surface area (Å²) in [7, 11) is 2.12. The largest absolute Gasteiger partial charge is 0.490 e. The molecule has 20 nitrogen and oxygen atoms in total. The van der Waals surface area contributed by atoms with Crippen LogP contribution in [0.1, 0.15) is 80.4 Å². The minimum Gasteiger partial charge on any atom is -0.475 e. The Morgan fingerprint density at radius 2 is 1.30 bits per heavy atom. The summed E-state index contributed by atoms with van der Waals surface area (Å²) in [6.45, 7) is 13.9. The average Bonchev–Trinajstić information content (AvgIpc) is 4.12. The van der Waals surface area contributed by atoms with E-state index in [0.717, 1.165) is 68.6 Å². The molecule has 5 aromatic rings. The number of H-pyrrole nitrogens is 1. The second-order valence-electron chi connectivity index (χ2n) is 19.0. The van der Waals surface area contributed by atoms with Crippen LogP contribution in [0.5, 0.6) is 5.75 Å². The smallest absolute Gasteiger partial charge is 0.475 e. The van der Waals surface area contributed by atoms with Crippen LogP contribution in [0.3, 0.4) is 0 Å². The molecule has 0 unspecified atom stereocenters. The van der Waals surface area contributed by atoms with Crippen LogP contribution in [0.25, 0.3) is 21.9 Å². The maximum Gasteiger partial charge on any atom is 0.490 e. The van der Waals surface area contributed by atoms with E-state index in [1.54, 1.807) is 30.3 Å². The molecule has 0 atom stereocenters. The zero-order valence-electron chi connectivity index (χ0n) is 41.7. The molecule has 0 bridgehead atoms. The van der Waals surface area contributed by atoms with Gasteiger partial charge in [-0.25, -0.2) is 24.0 Å². The molecule has 3 aliphatic rings. The number of carboxylic acid groups (broad SMARTS) is 3. The molecule has 3 amide bonds. The number of nitrogens with one attached hydrogen (secondary N) is 3. The topological polar surface area (TPSA) is 264 Å². The highest BCUT2D eigenvalue weighted by Gasteiger charge is 2.40. The Morgan fingerprint density at radius 1 is 0.727 bits per heavy atom. The number of carbonyl (C=O) groups is 6. The van der Waals surface area contributed by atoms with Gasteiger partial charge in [-0.3, -0.25) is 15.0 Å². The van der Waals surface area contributed by atoms with E-state index in [9.17, 15) is 53.9 Å². The zero-order valence-corrected chi connectivity index (χ0v) is 41.7. The Labute approximate surface area is 432 Å². The molecule has 3 saturated heterocycles. The summed E-state index contributed by atoms with van der Waals surface area (Å²) in [6, 6.07) is 14.1. The number of alkyl halides is 9. The lowest BCUT2D eigenvalue weighted by atomic mass is 9.93. The number of piperazine rings is 1. The van der Waals surface area contributed by atoms with Crippen LogP contribution >= 0.6 is 0 Å². The van der Waals surface area contributed by atoms with E-state index >= 15 is 0 Å². The number of halogens is 9. The molecule has 0 radical (unpaired) electrons. The van der Waals surface area contributed by atoms with E-state index in [-0.39, 0.29) is 23.1 Å². The normalized spacial score (nSPS) is 16.2. The van der Waals surface area contributed by atoms with Crippen LogP contribution in [-0.4, -0.2) is 165 Å². The number of rotatable bonds is 8. The summed E-state index contributed by atoms with van der Waals surface area (Å²) in [6.07, 6.45) is -9.82. The Morgan fingerprint density at radius 3 is 1.83 bits per heavy atom. The SMILES string of the molecule is CN1CCN(Cc2c(OC(=O)N3CCC(N4CCCCC4)CC3)ccc3[nH]c(C(=O)c4cc5cc(NC(=O)Nc6cc(C(C)(C)C)on6)ccc5o4)cc23)CC1.O=C(O)C(F)(F)F.O=C(O)C(F)(F)F.O=C(O)C(F)(F)F. The average molecular weight is 1110 g/mol. The first-order valence-electron chi connectivity index (χ1n) is 23.6. The minimum atomic E-state index is -5.08. The number of aromatic amines is 1. The van der Waals surface area contributed by atoms with Gasteiger partial charge < -0.3 is 54.0 Å². The molecule has 3 fully saturated rings. The fourth-order valence-corrected chi connectivity index (χ4v) is 8.04. The van der Waals surface area contributed by atoms with Gasteiger partial charge in [0.05, 0.1) is 5.69 Å². The number of likely N-dealkylation sites (tertiary alicyclic amines) is 2. The molecule has 8 rings (SSSR count). The third-order valence-electron chi connectivity index (χ3n) is 12.1. The van der Waals surface area contributed by atoms with E-state index in [1.807, 2.05) is 43.9 Å². The lowest BCUT2D eigenvalue weighted by molar-refractivity contribution is -0.193. The number of nitrogens with zero attached hydrogens (tertiary/aromatic N) is 5. The van der Waals surface area contributed by atoms with Crippen molar-refractivity contribution in [3.8, 4) is 5.75 Å². The Hall–Kier alpha value is -7.40. The number of ketones is 1. The molecule has 0 spiro atoms. The Kier molecular flexibility index (Phi) is 19.8. The summed E-state index contributed by atoms with van der Waals surface area (Å²) >= 11 is 0. The van der Waals surface area contributed by atoms with E-state index < -0.39 is 42.5 Å². The fourth-order valence-electron chi connectivity index (χ4n) is 8.04. The summed E-state index contributed by atoms with van der Waals surface area (Å²) in [4.78, 5) is 79.4. The number of hydrogen-bond donors (Lipinski definition) is 6. The van der Waals surface area contributed by atoms with Gasteiger partial charge in [-0.05, 0) is 88.3 Å². The predicted octanol–water partition coefficient (Wildman–Crippen LogP) is 9.17. The van der Waals surface area contributed by atoms with Crippen LogP contribution in [-0.2, 0) is 26.3 Å². The number of furan rings is 1. The lowest BCUT2D eigenvalue weighted by Crippen LogP contribution is -2.48. The quantitative estimate of drug-likeness (QED) is 0.0625. The number of carboxylic acids is 3. The highest BCUT2D eigenvalue weighted by Crippen LogP contribution is 2.34. The van der Waals surface area contributed by atoms with Gasteiger partial charge in [-0.1, -0.05) is 32.3 Å². The molecular weight excluding hydrogens is 1050 g/mol. The predicted molar refractivity (Wildman–Crippen MR) is 256 cm³/mol. The molecule has 422 valence electrons. The molecule has 6 heterocycles. The zero-order chi connectivity index (χ0) is 57.2. The van der Waals surface area contributed by atoms with Crippen molar-refractivity contribution >= 4 is 69.2 Å². The van der Waals surface area contributed by atoms with Gasteiger partial charge in [0.1, 0.15) is 17.1 Å². The van der Waals surface area contributed by atoms with Crippen molar-refractivity contribution in [2.24, 2.45) is 0 Å². The van der Waals surface area contributed by atoms with Gasteiger partial charge in [0, 0.05) is 90.9 Å². The third-order valence-corrected chi connectivity index (χ3v) is 12.1. The van der Waals surface area contributed by atoms with E-state index in [4.69, 9.17) is 43.4 Å². The summed E-state index contributed by atoms with van der Waals surface area (Å²) in [5, 5.41) is 32.3. The molecule has 3 aromatic heterocycles. The number of likely N-dealkylation sites (N-methyl/N-ethyl adjacent to an activating group) is 1. The monoisotopic (exact) mass is 1110 g/mol. The number of aromatic nitrogens is 2. The molecule has 77 heavy (non-hydrogen) atoms. The maximum atomic E-state index is 13.9. The summed E-state index contributed by atoms with van der Waals surface area (Å²) < 4.78 is 113. The van der Waals surface area contributed by atoms with Crippen molar-refractivity contribution in [2.45, 2.75) is 89.4 Å². The molecule has 2 aromatic carbocycles. The third kappa shape index (κ3) is 17.6. The number of carbonyl (C=O) groups excluding carboxylic acids is 3. The van der Waals surface area contributed by atoms with Crippen LogP contribution in [0.15, 0.2) is 57.5 Å². The Bertz CT molecular complexity index is 2810. The number of ether oxygens (including phenoxy) is 1. The van der Waals surface area contributed by atoms with Crippen LogP contribution in [0.2, 0.25) is 0 Å². The number of benzene rings is 2. The van der Waals surface area contributed by atoms with Crippen molar-refractivity contribution < 1.29 is 97.3 Å². The van der Waals surface area contributed by atoms with Crippen LogP contribution in [0.4, 0.5) is 60.6 Å². The lowest BCUT2D eigenvalue weighted by Gasteiger charge is -2.39. The second-order valence-corrected chi connectivity index (χ2v) is 19.0. The van der Waals surface area contributed by atoms with E-state index in [0.29, 0.717) is 65.4 Å². The Balaban J connectivity index is 0.000000440. The second kappa shape index (κ2) is 25.2. The van der Waals surface area contributed by atoms with Gasteiger partial charge in [0.25, 0.3) is 0 Å². The van der Waals surface area contributed by atoms with Gasteiger partial charge in [-0.15, -0.1) is 0 Å². The number of anilines is 2. The van der Waals surface area contributed by atoms with Crippen molar-refractivity contribution in [1.82, 2.24) is 29.7 Å².